The van der Waals surface area contributed by atoms with Gasteiger partial charge < -0.3 is 9.64 Å². The van der Waals surface area contributed by atoms with Crippen LogP contribution in [0.3, 0.4) is 0 Å². The first-order chi connectivity index (χ1) is 9.30. The van der Waals surface area contributed by atoms with E-state index in [1.54, 1.807) is 7.11 Å². The van der Waals surface area contributed by atoms with E-state index in [9.17, 15) is 5.26 Å². The molecule has 0 spiro atoms. The summed E-state index contributed by atoms with van der Waals surface area (Å²) in [7, 11) is 1.68. The van der Waals surface area contributed by atoms with E-state index in [1.807, 2.05) is 18.2 Å². The number of nitriles is 1. The molecule has 0 unspecified atom stereocenters. The highest BCUT2D eigenvalue weighted by Crippen LogP contribution is 2.37. The number of benzene rings is 1. The van der Waals surface area contributed by atoms with Crippen molar-refractivity contribution >= 4 is 5.69 Å². The molecule has 0 atom stereocenters. The van der Waals surface area contributed by atoms with Crippen LogP contribution in [0.4, 0.5) is 5.69 Å². The van der Waals surface area contributed by atoms with Crippen molar-refractivity contribution in [3.05, 3.63) is 23.8 Å². The Hall–Kier alpha value is -1.69. The summed E-state index contributed by atoms with van der Waals surface area (Å²) in [6.07, 6.45) is 5.36. The predicted molar refractivity (Wildman–Crippen MR) is 75.4 cm³/mol. The van der Waals surface area contributed by atoms with Crippen molar-refractivity contribution in [1.82, 2.24) is 0 Å². The molecule has 0 radical (unpaired) electrons. The van der Waals surface area contributed by atoms with Crippen LogP contribution in [0.1, 0.15) is 31.2 Å². The van der Waals surface area contributed by atoms with Gasteiger partial charge in [0, 0.05) is 19.2 Å². The molecule has 0 heterocycles. The minimum absolute atomic E-state index is 0.766. The van der Waals surface area contributed by atoms with E-state index < -0.39 is 0 Å². The third-order valence-electron chi connectivity index (χ3n) is 4.02. The minimum atomic E-state index is 0.766. The Bertz CT molecular complexity index is 484. The first-order valence-electron chi connectivity index (χ1n) is 7.13. The minimum Gasteiger partial charge on any atom is -0.497 e. The topological polar surface area (TPSA) is 36.3 Å². The van der Waals surface area contributed by atoms with E-state index in [0.717, 1.165) is 41.9 Å². The molecule has 2 fully saturated rings. The number of hydrogen-bond acceptors (Lipinski definition) is 3. The Morgan fingerprint density at radius 2 is 1.84 bits per heavy atom. The molecule has 1 aromatic rings. The third kappa shape index (κ3) is 3.01. The molecular weight excluding hydrogens is 236 g/mol. The van der Waals surface area contributed by atoms with Crippen molar-refractivity contribution in [2.75, 3.05) is 25.1 Å². The van der Waals surface area contributed by atoms with E-state index in [0.29, 0.717) is 0 Å². The van der Waals surface area contributed by atoms with Crippen LogP contribution in [-0.4, -0.2) is 20.2 Å². The van der Waals surface area contributed by atoms with Gasteiger partial charge in [0.25, 0.3) is 0 Å². The van der Waals surface area contributed by atoms with Gasteiger partial charge >= 0.3 is 0 Å². The van der Waals surface area contributed by atoms with Crippen LogP contribution in [0.15, 0.2) is 18.2 Å². The van der Waals surface area contributed by atoms with Gasteiger partial charge in [-0.25, -0.2) is 0 Å². The van der Waals surface area contributed by atoms with Crippen molar-refractivity contribution in [2.24, 2.45) is 11.8 Å². The zero-order valence-corrected chi connectivity index (χ0v) is 11.4. The third-order valence-corrected chi connectivity index (χ3v) is 4.02. The maximum Gasteiger partial charge on any atom is 0.121 e. The molecule has 2 aliphatic carbocycles. The van der Waals surface area contributed by atoms with Crippen LogP contribution in [0.2, 0.25) is 0 Å². The van der Waals surface area contributed by atoms with E-state index in [4.69, 9.17) is 4.74 Å². The number of rotatable bonds is 6. The molecule has 0 aromatic heterocycles. The van der Waals surface area contributed by atoms with Crippen LogP contribution < -0.4 is 9.64 Å². The summed E-state index contributed by atoms with van der Waals surface area (Å²) < 4.78 is 5.31. The Kier molecular flexibility index (Phi) is 3.33. The van der Waals surface area contributed by atoms with E-state index in [-0.39, 0.29) is 0 Å². The van der Waals surface area contributed by atoms with Gasteiger partial charge in [0.05, 0.1) is 18.4 Å². The first-order valence-corrected chi connectivity index (χ1v) is 7.13. The number of nitrogens with zero attached hydrogens (tertiary/aromatic N) is 2. The summed E-state index contributed by atoms with van der Waals surface area (Å²) in [5.74, 6) is 2.50. The molecule has 19 heavy (non-hydrogen) atoms. The highest BCUT2D eigenvalue weighted by molar-refractivity contribution is 5.62. The molecule has 1 aromatic carbocycles. The fraction of sp³-hybridized carbons (Fsp3) is 0.562. The summed E-state index contributed by atoms with van der Waals surface area (Å²) >= 11 is 0. The summed E-state index contributed by atoms with van der Waals surface area (Å²) in [6, 6.07) is 8.08. The molecule has 2 saturated carbocycles. The second-order valence-corrected chi connectivity index (χ2v) is 5.79. The molecule has 0 aliphatic heterocycles. The molecule has 2 aliphatic rings. The number of ether oxygens (including phenoxy) is 1. The highest BCUT2D eigenvalue weighted by Gasteiger charge is 2.30. The molecular formula is C16H20N2O. The average molecular weight is 256 g/mol. The predicted octanol–water partition coefficient (Wildman–Crippen LogP) is 3.19. The van der Waals surface area contributed by atoms with Crippen molar-refractivity contribution < 1.29 is 4.74 Å². The summed E-state index contributed by atoms with van der Waals surface area (Å²) in [4.78, 5) is 2.41. The van der Waals surface area contributed by atoms with Crippen molar-refractivity contribution in [3.63, 3.8) is 0 Å². The molecule has 0 saturated heterocycles. The van der Waals surface area contributed by atoms with E-state index >= 15 is 0 Å². The number of hydrogen-bond donors (Lipinski definition) is 0. The van der Waals surface area contributed by atoms with Gasteiger partial charge in [-0.15, -0.1) is 0 Å². The van der Waals surface area contributed by atoms with Gasteiger partial charge in [0.15, 0.2) is 0 Å². The van der Waals surface area contributed by atoms with Crippen molar-refractivity contribution in [2.45, 2.75) is 25.7 Å². The number of methoxy groups -OCH3 is 1. The lowest BCUT2D eigenvalue weighted by Gasteiger charge is -2.26. The lowest BCUT2D eigenvalue weighted by atomic mass is 10.1. The Balaban J connectivity index is 1.87. The maximum absolute atomic E-state index is 9.31. The molecule has 100 valence electrons. The van der Waals surface area contributed by atoms with Crippen LogP contribution in [-0.2, 0) is 0 Å². The van der Waals surface area contributed by atoms with Crippen LogP contribution in [0.5, 0.6) is 5.75 Å². The normalized spacial score (nSPS) is 17.9. The van der Waals surface area contributed by atoms with Crippen LogP contribution in [0.25, 0.3) is 0 Å². The van der Waals surface area contributed by atoms with Gasteiger partial charge in [-0.2, -0.15) is 5.26 Å². The summed E-state index contributed by atoms with van der Waals surface area (Å²) in [6.45, 7) is 2.19. The van der Waals surface area contributed by atoms with Gasteiger partial charge in [-0.05, 0) is 49.7 Å². The monoisotopic (exact) mass is 256 g/mol. The second kappa shape index (κ2) is 5.13. The maximum atomic E-state index is 9.31. The van der Waals surface area contributed by atoms with Gasteiger partial charge in [-0.3, -0.25) is 0 Å². The second-order valence-electron chi connectivity index (χ2n) is 5.79. The molecule has 0 bridgehead atoms. The Morgan fingerprint density at radius 3 is 2.32 bits per heavy atom. The first kappa shape index (κ1) is 12.3. The molecule has 0 N–H and O–H groups in total. The Labute approximate surface area is 114 Å². The molecule has 3 rings (SSSR count). The molecule has 0 amide bonds. The summed E-state index contributed by atoms with van der Waals surface area (Å²) in [5.41, 5.74) is 1.82. The largest absolute Gasteiger partial charge is 0.497 e. The van der Waals surface area contributed by atoms with Gasteiger partial charge in [-0.1, -0.05) is 0 Å². The SMILES string of the molecule is COc1ccc(C#N)c(N(CC2CC2)CC2CC2)c1. The quantitative estimate of drug-likeness (QED) is 0.784. The molecule has 3 nitrogen and oxygen atoms in total. The standard InChI is InChI=1S/C16H20N2O/c1-19-15-7-6-14(9-17)16(8-15)18(10-12-2-3-12)11-13-4-5-13/h6-8,12-13H,2-5,10-11H2,1H3. The van der Waals surface area contributed by atoms with E-state index in [1.165, 1.54) is 25.7 Å². The van der Waals surface area contributed by atoms with Crippen molar-refractivity contribution in [3.8, 4) is 11.8 Å². The zero-order valence-electron chi connectivity index (χ0n) is 11.4. The van der Waals surface area contributed by atoms with E-state index in [2.05, 4.69) is 11.0 Å². The van der Waals surface area contributed by atoms with Crippen molar-refractivity contribution in [1.29, 1.82) is 5.26 Å². The lowest BCUT2D eigenvalue weighted by Crippen LogP contribution is -2.28. The smallest absolute Gasteiger partial charge is 0.121 e. The fourth-order valence-electron chi connectivity index (χ4n) is 2.49. The fourth-order valence-corrected chi connectivity index (χ4v) is 2.49. The summed E-state index contributed by atoms with van der Waals surface area (Å²) in [5, 5.41) is 9.31. The Morgan fingerprint density at radius 1 is 1.21 bits per heavy atom. The van der Waals surface area contributed by atoms with Crippen LogP contribution in [0, 0.1) is 23.2 Å². The molecule has 3 heteroatoms. The lowest BCUT2D eigenvalue weighted by molar-refractivity contribution is 0.414. The van der Waals surface area contributed by atoms with Gasteiger partial charge in [0.2, 0.25) is 0 Å². The average Bonchev–Trinajstić information content (AvgIpc) is 3.32. The number of anilines is 1. The van der Waals surface area contributed by atoms with Gasteiger partial charge in [0.1, 0.15) is 11.8 Å². The zero-order chi connectivity index (χ0) is 13.2. The van der Waals surface area contributed by atoms with Crippen LogP contribution >= 0.6 is 0 Å². The highest BCUT2D eigenvalue weighted by atomic mass is 16.5.